The molecule has 104 valence electrons. The van der Waals surface area contributed by atoms with Gasteiger partial charge in [0, 0.05) is 36.2 Å². The standard InChI is InChI=1S/C15H16BrN3O/c16-12-2-1-3-13(7-12)18-5-4-14(10-18)19-9-11(8-17)6-15(19)20/h1-3,7,11,14H,4-6,9-10H2. The van der Waals surface area contributed by atoms with E-state index < -0.39 is 0 Å². The summed E-state index contributed by atoms with van der Waals surface area (Å²) >= 11 is 3.49. The second-order valence-electron chi connectivity index (χ2n) is 5.44. The zero-order chi connectivity index (χ0) is 14.1. The first-order chi connectivity index (χ1) is 9.67. The number of nitriles is 1. The average Bonchev–Trinajstić information content (AvgIpc) is 3.05. The number of amides is 1. The van der Waals surface area contributed by atoms with Crippen LogP contribution in [0.4, 0.5) is 5.69 Å². The molecule has 4 nitrogen and oxygen atoms in total. The van der Waals surface area contributed by atoms with Crippen LogP contribution < -0.4 is 4.90 Å². The van der Waals surface area contributed by atoms with E-state index in [4.69, 9.17) is 5.26 Å². The van der Waals surface area contributed by atoms with Gasteiger partial charge in [0.25, 0.3) is 0 Å². The summed E-state index contributed by atoms with van der Waals surface area (Å²) in [6.45, 7) is 2.43. The lowest BCUT2D eigenvalue weighted by Crippen LogP contribution is -2.38. The minimum Gasteiger partial charge on any atom is -0.369 e. The summed E-state index contributed by atoms with van der Waals surface area (Å²) < 4.78 is 1.07. The Hall–Kier alpha value is -1.54. The summed E-state index contributed by atoms with van der Waals surface area (Å²) in [5.41, 5.74) is 1.19. The van der Waals surface area contributed by atoms with E-state index in [1.807, 2.05) is 17.0 Å². The van der Waals surface area contributed by atoms with Crippen molar-refractivity contribution in [1.29, 1.82) is 5.26 Å². The maximum atomic E-state index is 12.0. The molecule has 0 spiro atoms. The van der Waals surface area contributed by atoms with Gasteiger partial charge < -0.3 is 9.80 Å². The molecule has 2 aliphatic rings. The topological polar surface area (TPSA) is 47.3 Å². The van der Waals surface area contributed by atoms with Crippen molar-refractivity contribution in [2.75, 3.05) is 24.5 Å². The molecule has 2 fully saturated rings. The van der Waals surface area contributed by atoms with E-state index in [1.165, 1.54) is 5.69 Å². The third kappa shape index (κ3) is 2.53. The second-order valence-corrected chi connectivity index (χ2v) is 6.36. The number of hydrogen-bond acceptors (Lipinski definition) is 3. The van der Waals surface area contributed by atoms with Crippen LogP contribution >= 0.6 is 15.9 Å². The predicted molar refractivity (Wildman–Crippen MR) is 80.2 cm³/mol. The molecule has 0 aliphatic carbocycles. The van der Waals surface area contributed by atoms with E-state index in [0.717, 1.165) is 24.0 Å². The molecule has 2 aliphatic heterocycles. The van der Waals surface area contributed by atoms with Crippen molar-refractivity contribution in [1.82, 2.24) is 4.90 Å². The van der Waals surface area contributed by atoms with Crippen molar-refractivity contribution in [2.45, 2.75) is 18.9 Å². The van der Waals surface area contributed by atoms with E-state index in [2.05, 4.69) is 39.0 Å². The first-order valence-electron chi connectivity index (χ1n) is 6.87. The van der Waals surface area contributed by atoms with Gasteiger partial charge in [-0.05, 0) is 24.6 Å². The number of hydrogen-bond donors (Lipinski definition) is 0. The van der Waals surface area contributed by atoms with E-state index >= 15 is 0 Å². The third-order valence-electron chi connectivity index (χ3n) is 4.12. The minimum atomic E-state index is -0.123. The van der Waals surface area contributed by atoms with Gasteiger partial charge in [-0.2, -0.15) is 5.26 Å². The fourth-order valence-corrected chi connectivity index (χ4v) is 3.46. The normalized spacial score (nSPS) is 26.1. The van der Waals surface area contributed by atoms with Crippen LogP contribution in [0.25, 0.3) is 0 Å². The molecule has 1 amide bonds. The lowest BCUT2D eigenvalue weighted by Gasteiger charge is -2.25. The highest BCUT2D eigenvalue weighted by Gasteiger charge is 2.37. The summed E-state index contributed by atoms with van der Waals surface area (Å²) in [6, 6.07) is 10.7. The minimum absolute atomic E-state index is 0.123. The lowest BCUT2D eigenvalue weighted by atomic mass is 10.1. The number of anilines is 1. The van der Waals surface area contributed by atoms with Gasteiger partial charge in [0.05, 0.1) is 18.0 Å². The van der Waals surface area contributed by atoms with Crippen LogP contribution in [0.15, 0.2) is 28.7 Å². The molecule has 1 aromatic carbocycles. The fraction of sp³-hybridized carbons (Fsp3) is 0.467. The Labute approximate surface area is 127 Å². The molecule has 0 N–H and O–H groups in total. The molecule has 0 aromatic heterocycles. The summed E-state index contributed by atoms with van der Waals surface area (Å²) in [5.74, 6) is 0.0139. The van der Waals surface area contributed by atoms with Crippen LogP contribution in [-0.4, -0.2) is 36.5 Å². The summed E-state index contributed by atoms with van der Waals surface area (Å²) in [4.78, 5) is 16.2. The summed E-state index contributed by atoms with van der Waals surface area (Å²) in [6.07, 6.45) is 1.38. The summed E-state index contributed by atoms with van der Waals surface area (Å²) in [7, 11) is 0. The highest BCUT2D eigenvalue weighted by molar-refractivity contribution is 9.10. The largest absolute Gasteiger partial charge is 0.369 e. The lowest BCUT2D eigenvalue weighted by molar-refractivity contribution is -0.129. The van der Waals surface area contributed by atoms with Gasteiger partial charge in [-0.1, -0.05) is 22.0 Å². The van der Waals surface area contributed by atoms with Crippen molar-refractivity contribution in [2.24, 2.45) is 5.92 Å². The van der Waals surface area contributed by atoms with Gasteiger partial charge in [0.2, 0.25) is 5.91 Å². The van der Waals surface area contributed by atoms with Crippen molar-refractivity contribution in [3.8, 4) is 6.07 Å². The molecule has 0 saturated carbocycles. The van der Waals surface area contributed by atoms with Crippen LogP contribution in [0, 0.1) is 17.2 Å². The number of likely N-dealkylation sites (tertiary alicyclic amines) is 1. The Bertz CT molecular complexity index is 568. The molecular weight excluding hydrogens is 318 g/mol. The number of carbonyl (C=O) groups excluding carboxylic acids is 1. The van der Waals surface area contributed by atoms with Crippen LogP contribution in [0.2, 0.25) is 0 Å². The Morgan fingerprint density at radius 2 is 2.20 bits per heavy atom. The van der Waals surface area contributed by atoms with Gasteiger partial charge >= 0.3 is 0 Å². The zero-order valence-electron chi connectivity index (χ0n) is 11.1. The predicted octanol–water partition coefficient (Wildman–Crippen LogP) is 2.40. The van der Waals surface area contributed by atoms with Crippen LogP contribution in [0.3, 0.4) is 0 Å². The number of halogens is 1. The molecule has 0 radical (unpaired) electrons. The van der Waals surface area contributed by atoms with Gasteiger partial charge in [0.1, 0.15) is 0 Å². The highest BCUT2D eigenvalue weighted by atomic mass is 79.9. The van der Waals surface area contributed by atoms with Crippen LogP contribution in [0.5, 0.6) is 0 Å². The quantitative estimate of drug-likeness (QED) is 0.834. The molecule has 2 saturated heterocycles. The number of rotatable bonds is 2. The van der Waals surface area contributed by atoms with Gasteiger partial charge in [-0.3, -0.25) is 4.79 Å². The van der Waals surface area contributed by atoms with Gasteiger partial charge in [-0.15, -0.1) is 0 Å². The Kier molecular flexibility index (Phi) is 3.66. The maximum absolute atomic E-state index is 12.0. The smallest absolute Gasteiger partial charge is 0.224 e. The zero-order valence-corrected chi connectivity index (χ0v) is 12.7. The Morgan fingerprint density at radius 1 is 1.35 bits per heavy atom. The Balaban J connectivity index is 1.68. The van der Waals surface area contributed by atoms with Gasteiger partial charge in [0.15, 0.2) is 0 Å². The maximum Gasteiger partial charge on any atom is 0.224 e. The highest BCUT2D eigenvalue weighted by Crippen LogP contribution is 2.28. The average molecular weight is 334 g/mol. The van der Waals surface area contributed by atoms with E-state index in [9.17, 15) is 4.79 Å². The monoisotopic (exact) mass is 333 g/mol. The van der Waals surface area contributed by atoms with Crippen molar-refractivity contribution < 1.29 is 4.79 Å². The van der Waals surface area contributed by atoms with Crippen molar-refractivity contribution in [3.63, 3.8) is 0 Å². The molecule has 3 rings (SSSR count). The number of benzene rings is 1. The first-order valence-corrected chi connectivity index (χ1v) is 7.66. The van der Waals surface area contributed by atoms with Crippen molar-refractivity contribution >= 4 is 27.5 Å². The third-order valence-corrected chi connectivity index (χ3v) is 4.61. The number of carbonyl (C=O) groups is 1. The molecule has 20 heavy (non-hydrogen) atoms. The van der Waals surface area contributed by atoms with Crippen molar-refractivity contribution in [3.05, 3.63) is 28.7 Å². The molecule has 2 atom stereocenters. The van der Waals surface area contributed by atoms with Crippen LogP contribution in [0.1, 0.15) is 12.8 Å². The molecule has 5 heteroatoms. The SMILES string of the molecule is N#CC1CC(=O)N(C2CCN(c3cccc(Br)c3)C2)C1. The first kappa shape index (κ1) is 13.4. The fourth-order valence-electron chi connectivity index (χ4n) is 3.07. The van der Waals surface area contributed by atoms with Crippen LogP contribution in [-0.2, 0) is 4.79 Å². The number of nitrogens with zero attached hydrogens (tertiary/aromatic N) is 3. The van der Waals surface area contributed by atoms with E-state index in [0.29, 0.717) is 13.0 Å². The molecule has 1 aromatic rings. The molecule has 0 bridgehead atoms. The van der Waals surface area contributed by atoms with E-state index in [-0.39, 0.29) is 17.9 Å². The Morgan fingerprint density at radius 3 is 2.90 bits per heavy atom. The summed E-state index contributed by atoms with van der Waals surface area (Å²) in [5, 5.41) is 8.96. The van der Waals surface area contributed by atoms with E-state index in [1.54, 1.807) is 0 Å². The molecule has 2 heterocycles. The molecule has 2 unspecified atom stereocenters. The van der Waals surface area contributed by atoms with Gasteiger partial charge in [-0.25, -0.2) is 0 Å². The second kappa shape index (κ2) is 5.45. The molecular formula is C15H16BrN3O.